The Morgan fingerprint density at radius 1 is 1.09 bits per heavy atom. The van der Waals surface area contributed by atoms with E-state index in [1.807, 2.05) is 30.3 Å². The molecule has 2 aromatic carbocycles. The van der Waals surface area contributed by atoms with E-state index < -0.39 is 65.6 Å². The molecule has 3 heterocycles. The molecule has 1 aromatic heterocycles. The molecule has 16 heteroatoms. The van der Waals surface area contributed by atoms with E-state index in [0.29, 0.717) is 6.29 Å². The van der Waals surface area contributed by atoms with Crippen molar-refractivity contribution in [2.45, 2.75) is 45.4 Å². The number of carbonyl (C=O) groups is 5. The Bertz CT molecular complexity index is 1870. The van der Waals surface area contributed by atoms with E-state index in [4.69, 9.17) is 9.72 Å². The van der Waals surface area contributed by atoms with E-state index in [1.165, 1.54) is 9.80 Å². The van der Waals surface area contributed by atoms with Crippen LogP contribution in [0.3, 0.4) is 0 Å². The Morgan fingerprint density at radius 3 is 2.47 bits per heavy atom. The number of halogens is 3. The number of nitrogens with zero attached hydrogens (tertiary/aromatic N) is 5. The van der Waals surface area contributed by atoms with Gasteiger partial charge in [-0.25, -0.2) is 22.9 Å². The monoisotopic (exact) mass is 766 g/mol. The number of amides is 4. The lowest BCUT2D eigenvalue weighted by atomic mass is 9.79. The Labute approximate surface area is 316 Å². The minimum absolute atomic E-state index is 0.0229. The summed E-state index contributed by atoms with van der Waals surface area (Å²) in [6, 6.07) is 11.2. The van der Waals surface area contributed by atoms with Crippen LogP contribution in [0.5, 0.6) is 0 Å². The molecule has 0 unspecified atom stereocenters. The second-order valence-electron chi connectivity index (χ2n) is 14.2. The van der Waals surface area contributed by atoms with Crippen molar-refractivity contribution < 1.29 is 47.0 Å². The SMILES string of the molecule is CC(C)(CCOC(=O)N(CCC=O)CCN1C(=O)C=CC1=O)[C@H](c1nc(-c2cc(F)ccc2F)cn1Cc1ccccc1)N(C[C@@H]1CNC[C@@H]1F)C(=O)CO. The summed E-state index contributed by atoms with van der Waals surface area (Å²) < 4.78 is 52.2. The third kappa shape index (κ3) is 10.0. The van der Waals surface area contributed by atoms with Gasteiger partial charge in [0.25, 0.3) is 11.8 Å². The molecule has 3 aromatic rings. The van der Waals surface area contributed by atoms with Crippen LogP contribution in [0, 0.1) is 23.0 Å². The van der Waals surface area contributed by atoms with Crippen LogP contribution in [0.25, 0.3) is 11.3 Å². The van der Waals surface area contributed by atoms with Crippen LogP contribution >= 0.6 is 0 Å². The van der Waals surface area contributed by atoms with Crippen molar-refractivity contribution >= 4 is 30.1 Å². The van der Waals surface area contributed by atoms with Crippen molar-refractivity contribution in [2.24, 2.45) is 11.3 Å². The summed E-state index contributed by atoms with van der Waals surface area (Å²) in [5, 5.41) is 13.2. The van der Waals surface area contributed by atoms with Crippen molar-refractivity contribution in [3.63, 3.8) is 0 Å². The summed E-state index contributed by atoms with van der Waals surface area (Å²) in [5.74, 6) is -3.58. The minimum atomic E-state index is -1.29. The first-order valence-electron chi connectivity index (χ1n) is 18.0. The van der Waals surface area contributed by atoms with Gasteiger partial charge in [-0.1, -0.05) is 44.2 Å². The van der Waals surface area contributed by atoms with E-state index >= 15 is 8.78 Å². The lowest BCUT2D eigenvalue weighted by Gasteiger charge is -2.43. The number of hydrogen-bond donors (Lipinski definition) is 2. The minimum Gasteiger partial charge on any atom is -0.449 e. The number of imide groups is 1. The molecular formula is C39H45F3N6O7. The molecule has 2 aliphatic rings. The number of alkyl halides is 1. The number of hydrogen-bond acceptors (Lipinski definition) is 9. The molecule has 0 bridgehead atoms. The van der Waals surface area contributed by atoms with Crippen molar-refractivity contribution in [3.8, 4) is 11.3 Å². The predicted molar refractivity (Wildman–Crippen MR) is 194 cm³/mol. The van der Waals surface area contributed by atoms with Gasteiger partial charge in [-0.15, -0.1) is 0 Å². The quantitative estimate of drug-likeness (QED) is 0.146. The number of aliphatic hydroxyl groups is 1. The largest absolute Gasteiger partial charge is 0.449 e. The zero-order valence-electron chi connectivity index (χ0n) is 30.7. The van der Waals surface area contributed by atoms with Gasteiger partial charge in [0.1, 0.15) is 36.5 Å². The number of ether oxygens (including phenoxy) is 1. The molecule has 0 aliphatic carbocycles. The standard InChI is InChI=1S/C39H45F3N6O7/c1-39(2,13-18-55-38(54)45(14-6-17-49)15-16-47-33(51)11-12-34(47)52)36(48(35(53)25-50)23-27-20-43-21-31(27)42)37-44-32(29-19-28(40)9-10-30(29)41)24-46(37)22-26-7-4-3-5-8-26/h3-5,7-12,17,19,24,27,31,36,43,50H,6,13-16,18,20-23,25H2,1-2H3/t27-,31-,36-/m0/s1. The molecule has 2 N–H and O–H groups in total. The molecule has 1 fully saturated rings. The molecule has 0 spiro atoms. The van der Waals surface area contributed by atoms with Crippen LogP contribution in [0.1, 0.15) is 44.1 Å². The number of aldehydes is 1. The molecule has 55 heavy (non-hydrogen) atoms. The Balaban J connectivity index is 1.49. The zero-order valence-corrected chi connectivity index (χ0v) is 30.7. The van der Waals surface area contributed by atoms with Crippen LogP contribution in [0.15, 0.2) is 66.9 Å². The maximum absolute atomic E-state index is 15.2. The van der Waals surface area contributed by atoms with Crippen molar-refractivity contribution in [3.05, 3.63) is 89.9 Å². The summed E-state index contributed by atoms with van der Waals surface area (Å²) in [6.45, 7) is 2.63. The van der Waals surface area contributed by atoms with Crippen LogP contribution < -0.4 is 5.32 Å². The van der Waals surface area contributed by atoms with Crippen LogP contribution in [0.4, 0.5) is 18.0 Å². The highest BCUT2D eigenvalue weighted by atomic mass is 19.1. The first-order chi connectivity index (χ1) is 26.3. The molecule has 0 radical (unpaired) electrons. The first kappa shape index (κ1) is 40.8. The lowest BCUT2D eigenvalue weighted by molar-refractivity contribution is -0.141. The summed E-state index contributed by atoms with van der Waals surface area (Å²) in [4.78, 5) is 70.7. The molecule has 5 rings (SSSR count). The molecule has 3 atom stereocenters. The number of rotatable bonds is 18. The highest BCUT2D eigenvalue weighted by molar-refractivity contribution is 6.12. The number of aliphatic hydroxyl groups excluding tert-OH is 1. The highest BCUT2D eigenvalue weighted by Gasteiger charge is 2.43. The molecule has 2 aliphatic heterocycles. The van der Waals surface area contributed by atoms with Crippen molar-refractivity contribution in [1.82, 2.24) is 29.6 Å². The third-order valence-electron chi connectivity index (χ3n) is 9.89. The van der Waals surface area contributed by atoms with Gasteiger partial charge in [-0.05, 0) is 35.6 Å². The van der Waals surface area contributed by atoms with Crippen LogP contribution in [-0.4, -0.2) is 118 Å². The second kappa shape index (κ2) is 18.3. The fraction of sp³-hybridized carbons (Fsp3) is 0.436. The topological polar surface area (TPSA) is 154 Å². The van der Waals surface area contributed by atoms with Crippen LogP contribution in [0.2, 0.25) is 0 Å². The average Bonchev–Trinajstić information content (AvgIpc) is 3.86. The average molecular weight is 767 g/mol. The molecule has 4 amide bonds. The summed E-state index contributed by atoms with van der Waals surface area (Å²) in [6.07, 6.45) is 2.38. The Morgan fingerprint density at radius 2 is 1.82 bits per heavy atom. The van der Waals surface area contributed by atoms with E-state index in [0.717, 1.165) is 40.8 Å². The van der Waals surface area contributed by atoms with E-state index in [9.17, 15) is 33.5 Å². The highest BCUT2D eigenvalue weighted by Crippen LogP contribution is 2.43. The van der Waals surface area contributed by atoms with E-state index in [-0.39, 0.29) is 82.3 Å². The first-order valence-corrected chi connectivity index (χ1v) is 18.0. The van der Waals surface area contributed by atoms with Gasteiger partial charge in [0.15, 0.2) is 0 Å². The van der Waals surface area contributed by atoms with Gasteiger partial charge in [0.05, 0.1) is 18.3 Å². The third-order valence-corrected chi connectivity index (χ3v) is 9.89. The predicted octanol–water partition coefficient (Wildman–Crippen LogP) is 3.67. The van der Waals surface area contributed by atoms with E-state index in [2.05, 4.69) is 5.32 Å². The van der Waals surface area contributed by atoms with Gasteiger partial charge >= 0.3 is 6.09 Å². The lowest BCUT2D eigenvalue weighted by Crippen LogP contribution is -2.48. The number of benzene rings is 2. The smallest absolute Gasteiger partial charge is 0.409 e. The van der Waals surface area contributed by atoms with Gasteiger partial charge in [0, 0.05) is 82.1 Å². The Kier molecular flexibility index (Phi) is 13.6. The summed E-state index contributed by atoms with van der Waals surface area (Å²) >= 11 is 0. The van der Waals surface area contributed by atoms with Gasteiger partial charge in [-0.2, -0.15) is 0 Å². The number of nitrogens with one attached hydrogen (secondary N) is 1. The number of carbonyl (C=O) groups excluding carboxylic acids is 5. The normalized spacial score (nSPS) is 17.5. The fourth-order valence-corrected chi connectivity index (χ4v) is 6.87. The maximum atomic E-state index is 15.2. The Hall–Kier alpha value is -5.35. The van der Waals surface area contributed by atoms with Crippen molar-refractivity contribution in [2.75, 3.05) is 52.5 Å². The van der Waals surface area contributed by atoms with Gasteiger partial charge in [0.2, 0.25) is 5.91 Å². The zero-order chi connectivity index (χ0) is 39.7. The molecular weight excluding hydrogens is 721 g/mol. The number of aromatic nitrogens is 2. The molecule has 13 nitrogen and oxygen atoms in total. The van der Waals surface area contributed by atoms with E-state index in [1.54, 1.807) is 24.6 Å². The summed E-state index contributed by atoms with van der Waals surface area (Å²) in [5.41, 5.74) is -0.265. The maximum Gasteiger partial charge on any atom is 0.409 e. The molecule has 1 saturated heterocycles. The second-order valence-corrected chi connectivity index (χ2v) is 14.2. The summed E-state index contributed by atoms with van der Waals surface area (Å²) in [7, 11) is 0. The number of imidazole rings is 1. The fourth-order valence-electron chi connectivity index (χ4n) is 6.87. The van der Waals surface area contributed by atoms with Gasteiger partial charge < -0.3 is 34.3 Å². The van der Waals surface area contributed by atoms with Gasteiger partial charge in [-0.3, -0.25) is 19.3 Å². The molecule has 0 saturated carbocycles. The molecule has 294 valence electrons. The van der Waals surface area contributed by atoms with Crippen LogP contribution in [-0.2, 0) is 30.5 Å². The van der Waals surface area contributed by atoms with Crippen molar-refractivity contribution in [1.29, 1.82) is 0 Å².